The number of rotatable bonds is 4. The quantitative estimate of drug-likeness (QED) is 0.921. The van der Waals surface area contributed by atoms with Crippen molar-refractivity contribution >= 4 is 22.9 Å². The highest BCUT2D eigenvalue weighted by molar-refractivity contribution is 5.84. The van der Waals surface area contributed by atoms with Gasteiger partial charge in [0, 0.05) is 25.0 Å². The van der Waals surface area contributed by atoms with Crippen molar-refractivity contribution in [3.63, 3.8) is 0 Å². The maximum atomic E-state index is 11.4. The first kappa shape index (κ1) is 13.5. The molecule has 1 saturated heterocycles. The molecule has 7 nitrogen and oxygen atoms in total. The number of amides is 1. The Bertz CT molecular complexity index is 707. The SMILES string of the molecule is NC(=O)CC1CCCCN1c1ncnc2c1ncn2C1CC1. The van der Waals surface area contributed by atoms with Gasteiger partial charge in [0.1, 0.15) is 6.33 Å². The first-order valence-corrected chi connectivity index (χ1v) is 7.96. The maximum absolute atomic E-state index is 11.4. The molecular weight excluding hydrogens is 280 g/mol. The van der Waals surface area contributed by atoms with Crippen molar-refractivity contribution in [2.75, 3.05) is 11.4 Å². The molecule has 2 aromatic rings. The Labute approximate surface area is 128 Å². The standard InChI is InChI=1S/C15H20N6O/c16-12(22)7-11-3-1-2-6-20(11)14-13-15(18-8-17-14)21(9-19-13)10-4-5-10/h8-11H,1-7H2,(H2,16,22). The van der Waals surface area contributed by atoms with Gasteiger partial charge in [-0.05, 0) is 32.1 Å². The lowest BCUT2D eigenvalue weighted by Gasteiger charge is -2.36. The molecule has 1 aliphatic heterocycles. The lowest BCUT2D eigenvalue weighted by Crippen LogP contribution is -2.42. The number of nitrogens with zero attached hydrogens (tertiary/aromatic N) is 5. The fraction of sp³-hybridized carbons (Fsp3) is 0.600. The Hall–Kier alpha value is -2.18. The largest absolute Gasteiger partial charge is 0.370 e. The van der Waals surface area contributed by atoms with Crippen LogP contribution in [0.5, 0.6) is 0 Å². The second-order valence-corrected chi connectivity index (χ2v) is 6.27. The lowest BCUT2D eigenvalue weighted by atomic mass is 9.99. The van der Waals surface area contributed by atoms with Crippen molar-refractivity contribution < 1.29 is 4.79 Å². The molecule has 2 fully saturated rings. The van der Waals surface area contributed by atoms with Gasteiger partial charge in [0.2, 0.25) is 5.91 Å². The van der Waals surface area contributed by atoms with Crippen molar-refractivity contribution in [2.45, 2.75) is 50.6 Å². The molecule has 22 heavy (non-hydrogen) atoms. The number of hydrogen-bond acceptors (Lipinski definition) is 5. The summed E-state index contributed by atoms with van der Waals surface area (Å²) in [6.45, 7) is 0.889. The summed E-state index contributed by atoms with van der Waals surface area (Å²) in [4.78, 5) is 27.0. The zero-order valence-corrected chi connectivity index (χ0v) is 12.5. The molecule has 1 amide bonds. The van der Waals surface area contributed by atoms with Crippen molar-refractivity contribution in [1.29, 1.82) is 0 Å². The van der Waals surface area contributed by atoms with Gasteiger partial charge in [0.05, 0.1) is 6.33 Å². The minimum atomic E-state index is -0.259. The van der Waals surface area contributed by atoms with Gasteiger partial charge in [0.25, 0.3) is 0 Å². The van der Waals surface area contributed by atoms with E-state index in [-0.39, 0.29) is 11.9 Å². The van der Waals surface area contributed by atoms with Crippen LogP contribution in [0.1, 0.15) is 44.6 Å². The summed E-state index contributed by atoms with van der Waals surface area (Å²) in [5, 5.41) is 0. The minimum absolute atomic E-state index is 0.121. The summed E-state index contributed by atoms with van der Waals surface area (Å²) in [5.41, 5.74) is 7.15. The van der Waals surface area contributed by atoms with Crippen molar-refractivity contribution in [2.24, 2.45) is 5.73 Å². The van der Waals surface area contributed by atoms with E-state index in [1.54, 1.807) is 6.33 Å². The van der Waals surface area contributed by atoms with Gasteiger partial charge in [-0.15, -0.1) is 0 Å². The van der Waals surface area contributed by atoms with Crippen LogP contribution in [0.2, 0.25) is 0 Å². The van der Waals surface area contributed by atoms with Crippen molar-refractivity contribution in [1.82, 2.24) is 19.5 Å². The van der Waals surface area contributed by atoms with E-state index in [0.29, 0.717) is 12.5 Å². The molecule has 2 N–H and O–H groups in total. The number of carbonyl (C=O) groups excluding carboxylic acids is 1. The van der Waals surface area contributed by atoms with E-state index in [1.807, 2.05) is 6.33 Å². The summed E-state index contributed by atoms with van der Waals surface area (Å²) in [6, 6.07) is 0.658. The predicted molar refractivity (Wildman–Crippen MR) is 82.4 cm³/mol. The van der Waals surface area contributed by atoms with Crippen LogP contribution in [0.4, 0.5) is 5.82 Å². The van der Waals surface area contributed by atoms with E-state index in [4.69, 9.17) is 5.73 Å². The van der Waals surface area contributed by atoms with Gasteiger partial charge in [0.15, 0.2) is 17.0 Å². The van der Waals surface area contributed by atoms with Gasteiger partial charge in [-0.1, -0.05) is 0 Å². The number of imidazole rings is 1. The number of nitrogens with two attached hydrogens (primary N) is 1. The zero-order chi connectivity index (χ0) is 15.1. The summed E-state index contributed by atoms with van der Waals surface area (Å²) in [5.74, 6) is 0.584. The third-order valence-electron chi connectivity index (χ3n) is 4.62. The molecule has 0 spiro atoms. The molecule has 1 saturated carbocycles. The Morgan fingerprint density at radius 3 is 2.86 bits per heavy atom. The molecular formula is C15H20N6O. The summed E-state index contributed by atoms with van der Waals surface area (Å²) < 4.78 is 2.15. The molecule has 1 unspecified atom stereocenters. The van der Waals surface area contributed by atoms with Crippen LogP contribution in [-0.4, -0.2) is 38.0 Å². The number of fused-ring (bicyclic) bond motifs is 1. The summed E-state index contributed by atoms with van der Waals surface area (Å²) in [7, 11) is 0. The molecule has 2 aliphatic rings. The van der Waals surface area contributed by atoms with E-state index < -0.39 is 0 Å². The molecule has 1 atom stereocenters. The molecule has 2 aromatic heterocycles. The van der Waals surface area contributed by atoms with Gasteiger partial charge >= 0.3 is 0 Å². The number of primary amides is 1. The first-order valence-electron chi connectivity index (χ1n) is 7.96. The van der Waals surface area contributed by atoms with E-state index in [9.17, 15) is 4.79 Å². The Morgan fingerprint density at radius 2 is 2.09 bits per heavy atom. The zero-order valence-electron chi connectivity index (χ0n) is 12.5. The molecule has 4 rings (SSSR count). The van der Waals surface area contributed by atoms with Crippen LogP contribution in [0.3, 0.4) is 0 Å². The van der Waals surface area contributed by atoms with Crippen LogP contribution >= 0.6 is 0 Å². The third-order valence-corrected chi connectivity index (χ3v) is 4.62. The molecule has 0 radical (unpaired) electrons. The smallest absolute Gasteiger partial charge is 0.219 e. The molecule has 0 aromatic carbocycles. The highest BCUT2D eigenvalue weighted by Crippen LogP contribution is 2.38. The second kappa shape index (κ2) is 5.23. The predicted octanol–water partition coefficient (Wildman–Crippen LogP) is 1.40. The molecule has 0 bridgehead atoms. The van der Waals surface area contributed by atoms with Crippen molar-refractivity contribution in [3.8, 4) is 0 Å². The van der Waals surface area contributed by atoms with Gasteiger partial charge in [-0.2, -0.15) is 0 Å². The van der Waals surface area contributed by atoms with E-state index in [2.05, 4.69) is 24.4 Å². The Morgan fingerprint density at radius 1 is 1.23 bits per heavy atom. The minimum Gasteiger partial charge on any atom is -0.370 e. The average Bonchev–Trinajstić information content (AvgIpc) is 3.26. The Kier molecular flexibility index (Phi) is 3.20. The third kappa shape index (κ3) is 2.30. The second-order valence-electron chi connectivity index (χ2n) is 6.27. The highest BCUT2D eigenvalue weighted by Gasteiger charge is 2.30. The highest BCUT2D eigenvalue weighted by atomic mass is 16.1. The topological polar surface area (TPSA) is 89.9 Å². The van der Waals surface area contributed by atoms with E-state index in [0.717, 1.165) is 42.8 Å². The summed E-state index contributed by atoms with van der Waals surface area (Å²) in [6.07, 6.45) is 9.43. The van der Waals surface area contributed by atoms with E-state index in [1.165, 1.54) is 12.8 Å². The van der Waals surface area contributed by atoms with E-state index >= 15 is 0 Å². The van der Waals surface area contributed by atoms with Crippen LogP contribution in [0, 0.1) is 0 Å². The number of piperidine rings is 1. The van der Waals surface area contributed by atoms with Gasteiger partial charge in [-0.3, -0.25) is 4.79 Å². The monoisotopic (exact) mass is 300 g/mol. The average molecular weight is 300 g/mol. The van der Waals surface area contributed by atoms with Crippen LogP contribution in [0.15, 0.2) is 12.7 Å². The lowest BCUT2D eigenvalue weighted by molar-refractivity contribution is -0.118. The maximum Gasteiger partial charge on any atom is 0.219 e. The first-order chi connectivity index (χ1) is 10.7. The normalized spacial score (nSPS) is 22.2. The van der Waals surface area contributed by atoms with Crippen molar-refractivity contribution in [3.05, 3.63) is 12.7 Å². The van der Waals surface area contributed by atoms with Gasteiger partial charge in [-0.25, -0.2) is 15.0 Å². The summed E-state index contributed by atoms with van der Waals surface area (Å²) >= 11 is 0. The number of aromatic nitrogens is 4. The molecule has 7 heteroatoms. The van der Waals surface area contributed by atoms with Crippen LogP contribution < -0.4 is 10.6 Å². The number of hydrogen-bond donors (Lipinski definition) is 1. The molecule has 116 valence electrons. The molecule has 3 heterocycles. The number of anilines is 1. The number of carbonyl (C=O) groups is 1. The van der Waals surface area contributed by atoms with Gasteiger partial charge < -0.3 is 15.2 Å². The molecule has 1 aliphatic carbocycles. The Balaban J connectivity index is 1.73. The fourth-order valence-electron chi connectivity index (χ4n) is 3.39. The fourth-order valence-corrected chi connectivity index (χ4v) is 3.39. The van der Waals surface area contributed by atoms with Crippen LogP contribution in [0.25, 0.3) is 11.2 Å². The van der Waals surface area contributed by atoms with Crippen LogP contribution in [-0.2, 0) is 4.79 Å².